The van der Waals surface area contributed by atoms with Gasteiger partial charge in [0.15, 0.2) is 6.10 Å². The fourth-order valence-electron chi connectivity index (χ4n) is 3.82. The molecule has 4 nitrogen and oxygen atoms in total. The van der Waals surface area contributed by atoms with Crippen LogP contribution in [0.3, 0.4) is 0 Å². The summed E-state index contributed by atoms with van der Waals surface area (Å²) in [7, 11) is 0. The van der Waals surface area contributed by atoms with Crippen LogP contribution in [0.2, 0.25) is 0 Å². The fourth-order valence-corrected chi connectivity index (χ4v) is 3.82. The van der Waals surface area contributed by atoms with Gasteiger partial charge in [-0.15, -0.1) is 0 Å². The van der Waals surface area contributed by atoms with Gasteiger partial charge < -0.3 is 15.0 Å². The van der Waals surface area contributed by atoms with Crippen LogP contribution in [-0.2, 0) is 22.4 Å². The Balaban J connectivity index is 1.28. The zero-order chi connectivity index (χ0) is 17.1. The summed E-state index contributed by atoms with van der Waals surface area (Å²) in [5.74, 6) is -0.0195. The number of benzene rings is 2. The molecule has 25 heavy (non-hydrogen) atoms. The third kappa shape index (κ3) is 3.40. The van der Waals surface area contributed by atoms with Gasteiger partial charge >= 0.3 is 0 Å². The Bertz CT molecular complexity index is 759. The fraction of sp³-hybridized carbons (Fsp3) is 0.381. The zero-order valence-electron chi connectivity index (χ0n) is 14.4. The standard InChI is InChI=1S/C21H24N2O2/c24-21(20-18-8-3-1-6-16(18)11-15-25-20)22-12-5-13-23-14-10-17-7-2-4-9-19(17)23/h1-4,6-9,20H,5,10-15H2,(H,22,24)/t20-/m1/s1. The van der Waals surface area contributed by atoms with Gasteiger partial charge in [-0.3, -0.25) is 4.79 Å². The summed E-state index contributed by atoms with van der Waals surface area (Å²) in [5.41, 5.74) is 5.01. The molecule has 0 saturated carbocycles. The Kier molecular flexibility index (Phi) is 4.70. The third-order valence-electron chi connectivity index (χ3n) is 5.12. The number of nitrogens with zero attached hydrogens (tertiary/aromatic N) is 1. The number of carbonyl (C=O) groups is 1. The van der Waals surface area contributed by atoms with Gasteiger partial charge in [-0.05, 0) is 42.0 Å². The Hall–Kier alpha value is -2.33. The molecule has 2 aromatic rings. The number of rotatable bonds is 5. The number of carbonyl (C=O) groups excluding carboxylic acids is 1. The van der Waals surface area contributed by atoms with Crippen molar-refractivity contribution in [2.45, 2.75) is 25.4 Å². The minimum atomic E-state index is -0.461. The summed E-state index contributed by atoms with van der Waals surface area (Å²) in [4.78, 5) is 14.9. The molecule has 2 heterocycles. The van der Waals surface area contributed by atoms with E-state index in [1.807, 2.05) is 18.2 Å². The number of nitrogens with one attached hydrogen (secondary N) is 1. The van der Waals surface area contributed by atoms with E-state index in [0.717, 1.165) is 37.9 Å². The van der Waals surface area contributed by atoms with E-state index in [2.05, 4.69) is 40.5 Å². The molecule has 1 amide bonds. The summed E-state index contributed by atoms with van der Waals surface area (Å²) >= 11 is 0. The quantitative estimate of drug-likeness (QED) is 0.854. The zero-order valence-corrected chi connectivity index (χ0v) is 14.4. The molecule has 0 aromatic heterocycles. The van der Waals surface area contributed by atoms with Crippen LogP contribution in [0.5, 0.6) is 0 Å². The molecular formula is C21H24N2O2. The van der Waals surface area contributed by atoms with Crippen molar-refractivity contribution in [1.82, 2.24) is 5.32 Å². The second kappa shape index (κ2) is 7.28. The lowest BCUT2D eigenvalue weighted by atomic mass is 9.97. The van der Waals surface area contributed by atoms with Crippen LogP contribution in [0, 0.1) is 0 Å². The van der Waals surface area contributed by atoms with Crippen molar-refractivity contribution < 1.29 is 9.53 Å². The minimum Gasteiger partial charge on any atom is -0.371 e. The molecule has 0 unspecified atom stereocenters. The molecule has 0 fully saturated rings. The van der Waals surface area contributed by atoms with E-state index in [0.29, 0.717) is 13.2 Å². The van der Waals surface area contributed by atoms with Crippen molar-refractivity contribution in [1.29, 1.82) is 0 Å². The first kappa shape index (κ1) is 16.2. The first-order valence-corrected chi connectivity index (χ1v) is 9.13. The Labute approximate surface area is 148 Å². The van der Waals surface area contributed by atoms with Crippen molar-refractivity contribution in [2.75, 3.05) is 31.1 Å². The van der Waals surface area contributed by atoms with Crippen LogP contribution < -0.4 is 10.2 Å². The molecule has 1 N–H and O–H groups in total. The van der Waals surface area contributed by atoms with E-state index < -0.39 is 6.10 Å². The van der Waals surface area contributed by atoms with Crippen molar-refractivity contribution in [3.8, 4) is 0 Å². The molecule has 0 radical (unpaired) electrons. The lowest BCUT2D eigenvalue weighted by Gasteiger charge is -2.25. The second-order valence-corrected chi connectivity index (χ2v) is 6.71. The smallest absolute Gasteiger partial charge is 0.253 e. The van der Waals surface area contributed by atoms with E-state index in [-0.39, 0.29) is 5.91 Å². The van der Waals surface area contributed by atoms with Gasteiger partial charge in [-0.2, -0.15) is 0 Å². The van der Waals surface area contributed by atoms with Crippen molar-refractivity contribution >= 4 is 11.6 Å². The maximum Gasteiger partial charge on any atom is 0.253 e. The maximum absolute atomic E-state index is 12.5. The lowest BCUT2D eigenvalue weighted by molar-refractivity contribution is -0.134. The number of amides is 1. The molecule has 2 aliphatic rings. The largest absolute Gasteiger partial charge is 0.371 e. The highest BCUT2D eigenvalue weighted by Crippen LogP contribution is 2.28. The van der Waals surface area contributed by atoms with Crippen LogP contribution in [0.4, 0.5) is 5.69 Å². The highest BCUT2D eigenvalue weighted by Gasteiger charge is 2.26. The Morgan fingerprint density at radius 2 is 1.88 bits per heavy atom. The van der Waals surface area contributed by atoms with Crippen LogP contribution in [0.15, 0.2) is 48.5 Å². The molecule has 1 atom stereocenters. The number of fused-ring (bicyclic) bond motifs is 2. The van der Waals surface area contributed by atoms with Gasteiger partial charge in [0.05, 0.1) is 6.61 Å². The minimum absolute atomic E-state index is 0.0195. The summed E-state index contributed by atoms with van der Waals surface area (Å²) in [6.45, 7) is 3.34. The van der Waals surface area contributed by atoms with Gasteiger partial charge in [0.25, 0.3) is 5.91 Å². The predicted molar refractivity (Wildman–Crippen MR) is 98.8 cm³/mol. The van der Waals surface area contributed by atoms with Crippen LogP contribution >= 0.6 is 0 Å². The topological polar surface area (TPSA) is 41.6 Å². The van der Waals surface area contributed by atoms with E-state index in [4.69, 9.17) is 4.74 Å². The van der Waals surface area contributed by atoms with Crippen molar-refractivity contribution in [3.63, 3.8) is 0 Å². The van der Waals surface area contributed by atoms with Crippen LogP contribution in [0.25, 0.3) is 0 Å². The first-order chi connectivity index (χ1) is 12.3. The molecule has 0 bridgehead atoms. The summed E-state index contributed by atoms with van der Waals surface area (Å²) in [6, 6.07) is 16.7. The Morgan fingerprint density at radius 3 is 2.80 bits per heavy atom. The molecule has 130 valence electrons. The van der Waals surface area contributed by atoms with Gasteiger partial charge in [0.1, 0.15) is 0 Å². The molecule has 2 aromatic carbocycles. The van der Waals surface area contributed by atoms with E-state index in [1.54, 1.807) is 0 Å². The highest BCUT2D eigenvalue weighted by atomic mass is 16.5. The van der Waals surface area contributed by atoms with Gasteiger partial charge in [0.2, 0.25) is 0 Å². The number of para-hydroxylation sites is 1. The lowest BCUT2D eigenvalue weighted by Crippen LogP contribution is -2.35. The molecular weight excluding hydrogens is 312 g/mol. The average Bonchev–Trinajstić information content (AvgIpc) is 3.08. The van der Waals surface area contributed by atoms with Crippen LogP contribution in [0.1, 0.15) is 29.2 Å². The second-order valence-electron chi connectivity index (χ2n) is 6.71. The first-order valence-electron chi connectivity index (χ1n) is 9.13. The number of anilines is 1. The molecule has 4 heteroatoms. The van der Waals surface area contributed by atoms with Crippen LogP contribution in [-0.4, -0.2) is 32.1 Å². The monoisotopic (exact) mass is 336 g/mol. The van der Waals surface area contributed by atoms with Gasteiger partial charge in [-0.1, -0.05) is 42.5 Å². The van der Waals surface area contributed by atoms with Gasteiger partial charge in [0, 0.05) is 25.3 Å². The summed E-state index contributed by atoms with van der Waals surface area (Å²) < 4.78 is 5.72. The summed E-state index contributed by atoms with van der Waals surface area (Å²) in [5, 5.41) is 3.05. The number of ether oxygens (including phenoxy) is 1. The van der Waals surface area contributed by atoms with E-state index >= 15 is 0 Å². The van der Waals surface area contributed by atoms with Gasteiger partial charge in [-0.25, -0.2) is 0 Å². The predicted octanol–water partition coefficient (Wildman–Crippen LogP) is 2.87. The molecule has 0 aliphatic carbocycles. The normalized spacial score (nSPS) is 18.6. The molecule has 2 aliphatic heterocycles. The van der Waals surface area contributed by atoms with E-state index in [9.17, 15) is 4.79 Å². The number of hydrogen-bond donors (Lipinski definition) is 1. The maximum atomic E-state index is 12.5. The Morgan fingerprint density at radius 1 is 1.08 bits per heavy atom. The number of hydrogen-bond acceptors (Lipinski definition) is 3. The third-order valence-corrected chi connectivity index (χ3v) is 5.12. The SMILES string of the molecule is O=C(NCCCN1CCc2ccccc21)[C@@H]1OCCc2ccccc21. The van der Waals surface area contributed by atoms with E-state index in [1.165, 1.54) is 16.8 Å². The summed E-state index contributed by atoms with van der Waals surface area (Å²) in [6.07, 6.45) is 2.48. The molecule has 4 rings (SSSR count). The van der Waals surface area contributed by atoms with Crippen molar-refractivity contribution in [3.05, 3.63) is 65.2 Å². The average molecular weight is 336 g/mol. The molecule has 0 spiro atoms. The highest BCUT2D eigenvalue weighted by molar-refractivity contribution is 5.82. The van der Waals surface area contributed by atoms with Crippen molar-refractivity contribution in [2.24, 2.45) is 0 Å². The molecule has 0 saturated heterocycles.